The summed E-state index contributed by atoms with van der Waals surface area (Å²) < 4.78 is 32.7. The summed E-state index contributed by atoms with van der Waals surface area (Å²) in [6.07, 6.45) is 2.10. The molecule has 7 heteroatoms. The van der Waals surface area contributed by atoms with Crippen molar-refractivity contribution in [1.29, 1.82) is 0 Å². The zero-order chi connectivity index (χ0) is 21.7. The van der Waals surface area contributed by atoms with Crippen LogP contribution in [-0.4, -0.2) is 38.8 Å². The molecule has 0 bridgehead atoms. The van der Waals surface area contributed by atoms with E-state index in [2.05, 4.69) is 5.32 Å². The third kappa shape index (κ3) is 5.02. The molecule has 1 aliphatic heterocycles. The molecule has 0 radical (unpaired) electrons. The summed E-state index contributed by atoms with van der Waals surface area (Å²) in [4.78, 5) is 13.2. The van der Waals surface area contributed by atoms with Gasteiger partial charge in [-0.2, -0.15) is 4.31 Å². The van der Waals surface area contributed by atoms with Crippen molar-refractivity contribution in [1.82, 2.24) is 9.62 Å². The fourth-order valence-corrected chi connectivity index (χ4v) is 5.30. The molecule has 2 aromatic carbocycles. The van der Waals surface area contributed by atoms with Crippen molar-refractivity contribution >= 4 is 15.9 Å². The van der Waals surface area contributed by atoms with E-state index in [1.807, 2.05) is 38.1 Å². The highest BCUT2D eigenvalue weighted by Gasteiger charge is 2.33. The zero-order valence-corrected chi connectivity index (χ0v) is 18.6. The van der Waals surface area contributed by atoms with E-state index >= 15 is 0 Å². The van der Waals surface area contributed by atoms with E-state index in [-0.39, 0.29) is 29.3 Å². The number of methoxy groups -OCH3 is 1. The molecule has 6 nitrogen and oxygen atoms in total. The molecule has 2 atom stereocenters. The highest BCUT2D eigenvalue weighted by molar-refractivity contribution is 7.89. The predicted octanol–water partition coefficient (Wildman–Crippen LogP) is 3.67. The monoisotopic (exact) mass is 430 g/mol. The fraction of sp³-hybridized carbons (Fsp3) is 0.435. The summed E-state index contributed by atoms with van der Waals surface area (Å²) in [5, 5.41) is 3.11. The average molecular weight is 431 g/mol. The summed E-state index contributed by atoms with van der Waals surface area (Å²) >= 11 is 0. The summed E-state index contributed by atoms with van der Waals surface area (Å²) in [5.41, 5.74) is 2.01. The molecule has 1 amide bonds. The third-order valence-electron chi connectivity index (χ3n) is 5.66. The largest absolute Gasteiger partial charge is 0.497 e. The highest BCUT2D eigenvalue weighted by Crippen LogP contribution is 2.26. The van der Waals surface area contributed by atoms with Gasteiger partial charge in [0.1, 0.15) is 5.75 Å². The molecule has 1 aliphatic rings. The van der Waals surface area contributed by atoms with Crippen LogP contribution >= 0.6 is 0 Å². The molecule has 0 aromatic heterocycles. The highest BCUT2D eigenvalue weighted by atomic mass is 32.2. The van der Waals surface area contributed by atoms with E-state index in [1.165, 1.54) is 4.31 Å². The van der Waals surface area contributed by atoms with Gasteiger partial charge in [0.15, 0.2) is 0 Å². The van der Waals surface area contributed by atoms with Gasteiger partial charge in [0.2, 0.25) is 15.9 Å². The molecule has 1 saturated heterocycles. The summed E-state index contributed by atoms with van der Waals surface area (Å²) in [5.74, 6) is 0.317. The number of carbonyl (C=O) groups excluding carboxylic acids is 1. The number of rotatable bonds is 7. The van der Waals surface area contributed by atoms with Gasteiger partial charge in [-0.3, -0.25) is 4.79 Å². The van der Waals surface area contributed by atoms with Crippen LogP contribution in [0, 0.1) is 12.8 Å². The minimum atomic E-state index is -3.60. The van der Waals surface area contributed by atoms with E-state index in [1.54, 1.807) is 31.4 Å². The maximum absolute atomic E-state index is 13.0. The SMILES string of the molecule is CC[C@@H](NC(=O)[C@@H]1CCCN(S(=O)(=O)c2ccc(C)cc2)C1)c1ccc(OC)cc1. The molecule has 0 spiro atoms. The number of ether oxygens (including phenoxy) is 1. The van der Waals surface area contributed by atoms with Crippen molar-refractivity contribution in [3.63, 3.8) is 0 Å². The lowest BCUT2D eigenvalue weighted by atomic mass is 9.97. The Balaban J connectivity index is 1.69. The average Bonchev–Trinajstić information content (AvgIpc) is 2.77. The molecular weight excluding hydrogens is 400 g/mol. The molecule has 1 heterocycles. The van der Waals surface area contributed by atoms with Crippen LogP contribution in [0.15, 0.2) is 53.4 Å². The molecule has 0 saturated carbocycles. The second kappa shape index (κ2) is 9.62. The molecule has 0 aliphatic carbocycles. The third-order valence-corrected chi connectivity index (χ3v) is 7.54. The zero-order valence-electron chi connectivity index (χ0n) is 17.8. The Labute approximate surface area is 179 Å². The number of aryl methyl sites for hydroxylation is 1. The van der Waals surface area contributed by atoms with Crippen molar-refractivity contribution in [3.8, 4) is 5.75 Å². The van der Waals surface area contributed by atoms with Crippen molar-refractivity contribution < 1.29 is 17.9 Å². The van der Waals surface area contributed by atoms with Gasteiger partial charge in [-0.05, 0) is 56.0 Å². The minimum Gasteiger partial charge on any atom is -0.497 e. The number of benzene rings is 2. The van der Waals surface area contributed by atoms with Gasteiger partial charge >= 0.3 is 0 Å². The van der Waals surface area contributed by atoms with Crippen LogP contribution in [0.2, 0.25) is 0 Å². The van der Waals surface area contributed by atoms with Crippen LogP contribution in [0.5, 0.6) is 5.75 Å². The Bertz CT molecular complexity index is 956. The van der Waals surface area contributed by atoms with Gasteiger partial charge in [-0.25, -0.2) is 8.42 Å². The first-order chi connectivity index (χ1) is 14.3. The van der Waals surface area contributed by atoms with E-state index in [0.29, 0.717) is 19.4 Å². The number of hydrogen-bond donors (Lipinski definition) is 1. The fourth-order valence-electron chi connectivity index (χ4n) is 3.78. The standard InChI is InChI=1S/C23H30N2O4S/c1-4-22(18-9-11-20(29-3)12-10-18)24-23(26)19-6-5-15-25(16-19)30(27,28)21-13-7-17(2)8-14-21/h7-14,19,22H,4-6,15-16H2,1-3H3,(H,24,26)/t19-,22-/m1/s1. The van der Waals surface area contributed by atoms with Crippen molar-refractivity contribution in [2.24, 2.45) is 5.92 Å². The topological polar surface area (TPSA) is 75.7 Å². The van der Waals surface area contributed by atoms with E-state index in [4.69, 9.17) is 4.74 Å². The van der Waals surface area contributed by atoms with Crippen molar-refractivity contribution in [3.05, 3.63) is 59.7 Å². The maximum Gasteiger partial charge on any atom is 0.243 e. The molecule has 2 aromatic rings. The normalized spacial score (nSPS) is 18.6. The van der Waals surface area contributed by atoms with E-state index < -0.39 is 10.0 Å². The van der Waals surface area contributed by atoms with Crippen molar-refractivity contribution in [2.45, 2.75) is 44.0 Å². The Morgan fingerprint density at radius 2 is 1.83 bits per heavy atom. The van der Waals surface area contributed by atoms with E-state index in [0.717, 1.165) is 23.3 Å². The second-order valence-electron chi connectivity index (χ2n) is 7.76. The van der Waals surface area contributed by atoms with Crippen LogP contribution in [0.25, 0.3) is 0 Å². The number of sulfonamides is 1. The lowest BCUT2D eigenvalue weighted by Gasteiger charge is -2.32. The Morgan fingerprint density at radius 1 is 1.17 bits per heavy atom. The number of nitrogens with zero attached hydrogens (tertiary/aromatic N) is 1. The lowest BCUT2D eigenvalue weighted by molar-refractivity contribution is -0.126. The number of nitrogens with one attached hydrogen (secondary N) is 1. The van der Waals surface area contributed by atoms with Crippen molar-refractivity contribution in [2.75, 3.05) is 20.2 Å². The first kappa shape index (κ1) is 22.3. The summed E-state index contributed by atoms with van der Waals surface area (Å²) in [6.45, 7) is 4.59. The molecule has 1 fully saturated rings. The number of amides is 1. The number of piperidine rings is 1. The Morgan fingerprint density at radius 3 is 2.43 bits per heavy atom. The Hall–Kier alpha value is -2.38. The molecule has 162 valence electrons. The quantitative estimate of drug-likeness (QED) is 0.727. The smallest absolute Gasteiger partial charge is 0.243 e. The molecule has 30 heavy (non-hydrogen) atoms. The first-order valence-electron chi connectivity index (χ1n) is 10.4. The maximum atomic E-state index is 13.0. The van der Waals surface area contributed by atoms with Gasteiger partial charge < -0.3 is 10.1 Å². The van der Waals surface area contributed by atoms with Crippen LogP contribution in [0.1, 0.15) is 43.4 Å². The minimum absolute atomic E-state index is 0.0959. The second-order valence-corrected chi connectivity index (χ2v) is 9.70. The van der Waals surface area contributed by atoms with Gasteiger partial charge in [0.05, 0.1) is 24.0 Å². The molecule has 1 N–H and O–H groups in total. The van der Waals surface area contributed by atoms with Crippen LogP contribution in [0.4, 0.5) is 0 Å². The summed E-state index contributed by atoms with van der Waals surface area (Å²) in [7, 11) is -1.98. The van der Waals surface area contributed by atoms with Gasteiger partial charge in [0.25, 0.3) is 0 Å². The number of hydrogen-bond acceptors (Lipinski definition) is 4. The summed E-state index contributed by atoms with van der Waals surface area (Å²) in [6, 6.07) is 14.4. The molecule has 3 rings (SSSR count). The number of carbonyl (C=O) groups is 1. The van der Waals surface area contributed by atoms with Crippen LogP contribution in [0.3, 0.4) is 0 Å². The van der Waals surface area contributed by atoms with E-state index in [9.17, 15) is 13.2 Å². The van der Waals surface area contributed by atoms with Crippen LogP contribution in [-0.2, 0) is 14.8 Å². The van der Waals surface area contributed by atoms with Gasteiger partial charge in [-0.1, -0.05) is 36.8 Å². The first-order valence-corrected chi connectivity index (χ1v) is 11.8. The van der Waals surface area contributed by atoms with Crippen LogP contribution < -0.4 is 10.1 Å². The Kier molecular flexibility index (Phi) is 7.15. The lowest BCUT2D eigenvalue weighted by Crippen LogP contribution is -2.46. The predicted molar refractivity (Wildman–Crippen MR) is 117 cm³/mol. The molecule has 0 unspecified atom stereocenters. The van der Waals surface area contributed by atoms with Gasteiger partial charge in [0, 0.05) is 13.1 Å². The molecular formula is C23H30N2O4S. The van der Waals surface area contributed by atoms with Gasteiger partial charge in [-0.15, -0.1) is 0 Å².